The van der Waals surface area contributed by atoms with E-state index in [9.17, 15) is 29.1 Å². The molecule has 14 nitrogen and oxygen atoms in total. The Kier molecular flexibility index (Phi) is 12.1. The van der Waals surface area contributed by atoms with Gasteiger partial charge in [0.05, 0.1) is 6.42 Å². The lowest BCUT2D eigenvalue weighted by Gasteiger charge is -2.43. The zero-order chi connectivity index (χ0) is 37.6. The molecule has 2 aromatic carbocycles. The van der Waals surface area contributed by atoms with Crippen LogP contribution in [-0.2, 0) is 32.0 Å². The second-order valence-corrected chi connectivity index (χ2v) is 14.8. The summed E-state index contributed by atoms with van der Waals surface area (Å²) in [6.45, 7) is 8.54. The average molecular weight is 733 g/mol. The number of ether oxygens (including phenoxy) is 1. The summed E-state index contributed by atoms with van der Waals surface area (Å²) in [5.41, 5.74) is 4.10. The fraction of sp³-hybridized carbons (Fsp3) is 0.564. The number of piperidine rings is 2. The number of amides is 5. The predicted molar refractivity (Wildman–Crippen MR) is 197 cm³/mol. The van der Waals surface area contributed by atoms with Crippen LogP contribution in [0.25, 0.3) is 0 Å². The molecule has 4 aliphatic rings. The minimum atomic E-state index is -1.05. The van der Waals surface area contributed by atoms with Crippen molar-refractivity contribution in [2.24, 2.45) is 0 Å². The first-order chi connectivity index (χ1) is 25.5. The van der Waals surface area contributed by atoms with Crippen LogP contribution in [0.4, 0.5) is 15.3 Å². The Morgan fingerprint density at radius 2 is 1.43 bits per heavy atom. The number of nitrogens with zero attached hydrogens (tertiary/aromatic N) is 5. The lowest BCUT2D eigenvalue weighted by Crippen LogP contribution is -2.56. The fourth-order valence-electron chi connectivity index (χ4n) is 8.21. The monoisotopic (exact) mass is 732 g/mol. The number of nitrogens with one attached hydrogen (secondary N) is 1. The first-order valence-corrected chi connectivity index (χ1v) is 18.9. The number of likely N-dealkylation sites (tertiary alicyclic amines) is 2. The Hall–Kier alpha value is -4.85. The van der Waals surface area contributed by atoms with Crippen molar-refractivity contribution < 1.29 is 38.9 Å². The molecule has 4 heterocycles. The smallest absolute Gasteiger partial charge is 0.410 e. The Bertz CT molecular complexity index is 1650. The minimum Gasteiger partial charge on any atom is -0.507 e. The van der Waals surface area contributed by atoms with Crippen molar-refractivity contribution in [3.63, 3.8) is 0 Å². The third kappa shape index (κ3) is 9.21. The van der Waals surface area contributed by atoms with Crippen molar-refractivity contribution in [3.05, 3.63) is 58.7 Å². The summed E-state index contributed by atoms with van der Waals surface area (Å²) in [5.74, 6) is -1.15. The second kappa shape index (κ2) is 16.9. The zero-order valence-electron chi connectivity index (χ0n) is 30.8. The SMILES string of the molecule is Cc1cc(CC(OC(=O)N2CCC(N3CCc4ccccc4NC3=O)CC2)C(=O)N2CCC(N3CCN(C(=O)CCC(=O)O)CC3)CC2)cc(C)c1O. The van der Waals surface area contributed by atoms with Crippen molar-refractivity contribution in [3.8, 4) is 5.75 Å². The number of urea groups is 1. The van der Waals surface area contributed by atoms with E-state index in [0.29, 0.717) is 82.9 Å². The van der Waals surface area contributed by atoms with Gasteiger partial charge in [0.25, 0.3) is 5.91 Å². The number of para-hydroxylation sites is 1. The molecule has 286 valence electrons. The normalized spacial score (nSPS) is 19.6. The molecule has 6 rings (SSSR count). The average Bonchev–Trinajstić information content (AvgIpc) is 3.33. The number of piperazine rings is 1. The number of anilines is 1. The summed E-state index contributed by atoms with van der Waals surface area (Å²) in [5, 5.41) is 22.3. The van der Waals surface area contributed by atoms with Gasteiger partial charge in [-0.25, -0.2) is 9.59 Å². The molecule has 0 aromatic heterocycles. The number of aryl methyl sites for hydroxylation is 2. The van der Waals surface area contributed by atoms with E-state index in [-0.39, 0.29) is 54.9 Å². The van der Waals surface area contributed by atoms with E-state index < -0.39 is 18.2 Å². The van der Waals surface area contributed by atoms with Gasteiger partial charge >= 0.3 is 18.1 Å². The van der Waals surface area contributed by atoms with Gasteiger partial charge in [-0.1, -0.05) is 30.3 Å². The van der Waals surface area contributed by atoms with Crippen LogP contribution in [0.1, 0.15) is 60.8 Å². The molecule has 53 heavy (non-hydrogen) atoms. The number of benzene rings is 2. The number of aliphatic carboxylic acids is 1. The van der Waals surface area contributed by atoms with Crippen LogP contribution < -0.4 is 5.32 Å². The molecular weight excluding hydrogens is 680 g/mol. The molecule has 0 saturated carbocycles. The van der Waals surface area contributed by atoms with E-state index in [0.717, 1.165) is 36.1 Å². The number of carbonyl (C=O) groups excluding carboxylic acids is 4. The molecule has 5 amide bonds. The summed E-state index contributed by atoms with van der Waals surface area (Å²) < 4.78 is 6.05. The maximum Gasteiger partial charge on any atom is 0.410 e. The minimum absolute atomic E-state index is 0.0100. The van der Waals surface area contributed by atoms with E-state index >= 15 is 0 Å². The molecule has 3 fully saturated rings. The molecule has 4 aliphatic heterocycles. The highest BCUT2D eigenvalue weighted by Crippen LogP contribution is 2.28. The number of carbonyl (C=O) groups is 5. The number of carboxylic acids is 1. The third-order valence-corrected chi connectivity index (χ3v) is 11.3. The summed E-state index contributed by atoms with van der Waals surface area (Å²) in [7, 11) is 0. The van der Waals surface area contributed by atoms with Crippen LogP contribution in [0.3, 0.4) is 0 Å². The van der Waals surface area contributed by atoms with Crippen molar-refractivity contribution in [2.75, 3.05) is 64.2 Å². The zero-order valence-corrected chi connectivity index (χ0v) is 30.8. The highest BCUT2D eigenvalue weighted by Gasteiger charge is 2.37. The first kappa shape index (κ1) is 37.9. The summed E-state index contributed by atoms with van der Waals surface area (Å²) in [6.07, 6.45) is 1.88. The van der Waals surface area contributed by atoms with Gasteiger partial charge in [-0.2, -0.15) is 0 Å². The number of fused-ring (bicyclic) bond motifs is 1. The van der Waals surface area contributed by atoms with Gasteiger partial charge in [0.1, 0.15) is 5.75 Å². The lowest BCUT2D eigenvalue weighted by molar-refractivity contribution is -0.143. The van der Waals surface area contributed by atoms with Crippen molar-refractivity contribution in [1.29, 1.82) is 0 Å². The maximum atomic E-state index is 14.1. The summed E-state index contributed by atoms with van der Waals surface area (Å²) in [6, 6.07) is 11.6. The molecule has 0 radical (unpaired) electrons. The molecule has 2 aromatic rings. The number of phenols is 1. The van der Waals surface area contributed by atoms with Crippen molar-refractivity contribution in [1.82, 2.24) is 24.5 Å². The highest BCUT2D eigenvalue weighted by atomic mass is 16.6. The fourth-order valence-corrected chi connectivity index (χ4v) is 8.21. The Labute approximate surface area is 310 Å². The van der Waals surface area contributed by atoms with Crippen LogP contribution in [-0.4, -0.2) is 142 Å². The van der Waals surface area contributed by atoms with Gasteiger partial charge in [-0.05, 0) is 74.3 Å². The van der Waals surface area contributed by atoms with E-state index in [2.05, 4.69) is 10.2 Å². The predicted octanol–water partition coefficient (Wildman–Crippen LogP) is 3.61. The molecule has 1 unspecified atom stereocenters. The molecule has 0 spiro atoms. The third-order valence-electron chi connectivity index (χ3n) is 11.3. The Morgan fingerprint density at radius 1 is 0.811 bits per heavy atom. The molecule has 0 aliphatic carbocycles. The number of aromatic hydroxyl groups is 1. The topological polar surface area (TPSA) is 163 Å². The lowest BCUT2D eigenvalue weighted by atomic mass is 9.98. The van der Waals surface area contributed by atoms with E-state index in [1.807, 2.05) is 41.3 Å². The van der Waals surface area contributed by atoms with Crippen LogP contribution in [0.15, 0.2) is 36.4 Å². The molecule has 0 bridgehead atoms. The Balaban J connectivity index is 1.04. The second-order valence-electron chi connectivity index (χ2n) is 14.8. The molecular formula is C39H52N6O8. The number of hydrogen-bond acceptors (Lipinski definition) is 8. The van der Waals surface area contributed by atoms with Gasteiger partial charge in [-0.15, -0.1) is 0 Å². The summed E-state index contributed by atoms with van der Waals surface area (Å²) >= 11 is 0. The van der Waals surface area contributed by atoms with Crippen molar-refractivity contribution in [2.45, 2.75) is 83.4 Å². The van der Waals surface area contributed by atoms with Gasteiger partial charge in [0.2, 0.25) is 5.91 Å². The molecule has 14 heteroatoms. The van der Waals surface area contributed by atoms with Crippen LogP contribution in [0.5, 0.6) is 5.75 Å². The standard InChI is InChI=1S/C39H52N6O8/c1-26-23-28(24-27(2)36(26)49)25-33(37(50)43-14-10-30(11-15-43)41-19-21-42(22-20-41)34(46)7-8-35(47)48)53-39(52)44-16-12-31(13-17-44)45-18-9-29-5-3-4-6-32(29)40-38(45)51/h3-6,23-24,30-31,33,49H,7-22,25H2,1-2H3,(H,40,51)(H,47,48). The highest BCUT2D eigenvalue weighted by molar-refractivity contribution is 5.91. The summed E-state index contributed by atoms with van der Waals surface area (Å²) in [4.78, 5) is 73.5. The van der Waals surface area contributed by atoms with Gasteiger partial charge in [0.15, 0.2) is 6.10 Å². The first-order valence-electron chi connectivity index (χ1n) is 18.9. The maximum absolute atomic E-state index is 14.1. The van der Waals surface area contributed by atoms with Crippen LogP contribution >= 0.6 is 0 Å². The van der Waals surface area contributed by atoms with Gasteiger partial charge in [0, 0.05) is 89.5 Å². The van der Waals surface area contributed by atoms with E-state index in [1.165, 1.54) is 0 Å². The van der Waals surface area contributed by atoms with Gasteiger partial charge < -0.3 is 39.9 Å². The van der Waals surface area contributed by atoms with E-state index in [1.54, 1.807) is 28.5 Å². The largest absolute Gasteiger partial charge is 0.507 e. The van der Waals surface area contributed by atoms with Crippen LogP contribution in [0, 0.1) is 13.8 Å². The number of phenolic OH excluding ortho intramolecular Hbond substituents is 1. The number of hydrogen-bond donors (Lipinski definition) is 3. The number of rotatable bonds is 9. The van der Waals surface area contributed by atoms with Crippen molar-refractivity contribution >= 4 is 35.6 Å². The molecule has 3 N–H and O–H groups in total. The Morgan fingerprint density at radius 3 is 2.09 bits per heavy atom. The quantitative estimate of drug-likeness (QED) is 0.350. The van der Waals surface area contributed by atoms with Gasteiger partial charge in [-0.3, -0.25) is 19.3 Å². The molecule has 3 saturated heterocycles. The van der Waals surface area contributed by atoms with Crippen LogP contribution in [0.2, 0.25) is 0 Å². The van der Waals surface area contributed by atoms with E-state index in [4.69, 9.17) is 9.84 Å². The molecule has 1 atom stereocenters. The number of carboxylic acid groups (broad SMARTS) is 1.